The molecule has 0 N–H and O–H groups in total. The number of hydrogen-bond donors (Lipinski definition) is 0. The summed E-state index contributed by atoms with van der Waals surface area (Å²) in [6.07, 6.45) is 13.1. The van der Waals surface area contributed by atoms with Gasteiger partial charge in [-0.3, -0.25) is 0 Å². The highest BCUT2D eigenvalue weighted by molar-refractivity contribution is 4.89. The number of unbranched alkanes of at least 4 members (excludes halogenated alkanes) is 1. The highest BCUT2D eigenvalue weighted by atomic mass is 14.4. The molecule has 0 nitrogen and oxygen atoms in total. The lowest BCUT2D eigenvalue weighted by atomic mass is 9.92. The molecule has 0 saturated heterocycles. The fourth-order valence-electron chi connectivity index (χ4n) is 3.45. The molecule has 0 aliphatic heterocycles. The van der Waals surface area contributed by atoms with Gasteiger partial charge in [0.15, 0.2) is 0 Å². The minimum atomic E-state index is 1.01. The van der Waals surface area contributed by atoms with Crippen LogP contribution in [-0.4, -0.2) is 0 Å². The molecular formula is C17H34. The Bertz CT molecular complexity index is 184. The third-order valence-corrected chi connectivity index (χ3v) is 4.94. The molecule has 0 aromatic rings. The van der Waals surface area contributed by atoms with E-state index in [-0.39, 0.29) is 0 Å². The van der Waals surface area contributed by atoms with Crippen LogP contribution in [0.15, 0.2) is 0 Å². The Balaban J connectivity index is 2.10. The highest BCUT2D eigenvalue weighted by Gasteiger charge is 2.39. The molecule has 1 saturated carbocycles. The lowest BCUT2D eigenvalue weighted by molar-refractivity contribution is 0.376. The zero-order valence-corrected chi connectivity index (χ0v) is 12.7. The van der Waals surface area contributed by atoms with Crippen molar-refractivity contribution in [2.45, 2.75) is 85.5 Å². The molecule has 17 heavy (non-hydrogen) atoms. The molecule has 0 amide bonds. The van der Waals surface area contributed by atoms with Gasteiger partial charge in [0.2, 0.25) is 0 Å². The summed E-state index contributed by atoms with van der Waals surface area (Å²) >= 11 is 0. The van der Waals surface area contributed by atoms with Gasteiger partial charge in [-0.1, -0.05) is 72.6 Å². The molecule has 1 rings (SSSR count). The molecule has 1 aliphatic rings. The molecule has 1 fully saturated rings. The molecule has 0 bridgehead atoms. The van der Waals surface area contributed by atoms with Crippen molar-refractivity contribution in [2.75, 3.05) is 0 Å². The molecule has 0 radical (unpaired) electrons. The van der Waals surface area contributed by atoms with E-state index >= 15 is 0 Å². The van der Waals surface area contributed by atoms with Crippen molar-refractivity contribution in [3.8, 4) is 0 Å². The summed E-state index contributed by atoms with van der Waals surface area (Å²) in [5.41, 5.74) is 0. The maximum absolute atomic E-state index is 2.49. The standard InChI is InChI=1S/C17H34/c1-5-8-10-14(4)17-13-16(17)12-11-15(7-3)9-6-2/h14-17H,5-13H2,1-4H3. The highest BCUT2D eigenvalue weighted by Crippen LogP contribution is 2.49. The molecule has 4 unspecified atom stereocenters. The van der Waals surface area contributed by atoms with Gasteiger partial charge in [0.1, 0.15) is 0 Å². The van der Waals surface area contributed by atoms with E-state index in [1.54, 1.807) is 6.42 Å². The molecule has 102 valence electrons. The van der Waals surface area contributed by atoms with Gasteiger partial charge in [-0.05, 0) is 36.5 Å². The normalized spacial score (nSPS) is 26.8. The van der Waals surface area contributed by atoms with Gasteiger partial charge in [0, 0.05) is 0 Å². The first kappa shape index (κ1) is 15.1. The predicted molar refractivity (Wildman–Crippen MR) is 78.2 cm³/mol. The van der Waals surface area contributed by atoms with Crippen LogP contribution in [0.1, 0.15) is 85.5 Å². The monoisotopic (exact) mass is 238 g/mol. The molecule has 0 aromatic heterocycles. The summed E-state index contributed by atoms with van der Waals surface area (Å²) < 4.78 is 0. The van der Waals surface area contributed by atoms with E-state index in [2.05, 4.69) is 27.7 Å². The minimum Gasteiger partial charge on any atom is -0.0654 e. The van der Waals surface area contributed by atoms with E-state index in [0.717, 1.165) is 23.7 Å². The summed E-state index contributed by atoms with van der Waals surface area (Å²) in [5.74, 6) is 4.23. The first-order chi connectivity index (χ1) is 8.22. The molecule has 4 atom stereocenters. The van der Waals surface area contributed by atoms with Gasteiger partial charge in [-0.15, -0.1) is 0 Å². The Morgan fingerprint density at radius 3 is 2.35 bits per heavy atom. The van der Waals surface area contributed by atoms with Crippen molar-refractivity contribution in [3.63, 3.8) is 0 Å². The molecule has 0 aromatic carbocycles. The van der Waals surface area contributed by atoms with E-state index in [1.165, 1.54) is 51.4 Å². The van der Waals surface area contributed by atoms with E-state index in [1.807, 2.05) is 0 Å². The average Bonchev–Trinajstić information content (AvgIpc) is 3.11. The third kappa shape index (κ3) is 5.44. The summed E-state index contributed by atoms with van der Waals surface area (Å²) in [7, 11) is 0. The van der Waals surface area contributed by atoms with Crippen LogP contribution < -0.4 is 0 Å². The summed E-state index contributed by atoms with van der Waals surface area (Å²) in [6, 6.07) is 0. The second-order valence-corrected chi connectivity index (χ2v) is 6.42. The van der Waals surface area contributed by atoms with E-state index in [4.69, 9.17) is 0 Å². The van der Waals surface area contributed by atoms with Crippen LogP contribution in [0.25, 0.3) is 0 Å². The Kier molecular flexibility index (Phi) is 7.23. The molecule has 0 spiro atoms. The van der Waals surface area contributed by atoms with Gasteiger partial charge >= 0.3 is 0 Å². The quantitative estimate of drug-likeness (QED) is 0.434. The summed E-state index contributed by atoms with van der Waals surface area (Å²) in [5, 5.41) is 0. The van der Waals surface area contributed by atoms with Crippen LogP contribution in [0.2, 0.25) is 0 Å². The summed E-state index contributed by atoms with van der Waals surface area (Å²) in [4.78, 5) is 0. The third-order valence-electron chi connectivity index (χ3n) is 4.94. The molecular weight excluding hydrogens is 204 g/mol. The zero-order valence-electron chi connectivity index (χ0n) is 12.7. The zero-order chi connectivity index (χ0) is 12.7. The first-order valence-electron chi connectivity index (χ1n) is 8.22. The molecule has 0 heteroatoms. The fourth-order valence-corrected chi connectivity index (χ4v) is 3.45. The maximum atomic E-state index is 2.49. The van der Waals surface area contributed by atoms with Gasteiger partial charge in [0.25, 0.3) is 0 Å². The van der Waals surface area contributed by atoms with Crippen molar-refractivity contribution in [1.29, 1.82) is 0 Å². The van der Waals surface area contributed by atoms with E-state index in [0.29, 0.717) is 0 Å². The van der Waals surface area contributed by atoms with Gasteiger partial charge in [0.05, 0.1) is 0 Å². The van der Waals surface area contributed by atoms with Gasteiger partial charge in [-0.2, -0.15) is 0 Å². The Morgan fingerprint density at radius 2 is 1.76 bits per heavy atom. The van der Waals surface area contributed by atoms with Crippen LogP contribution in [-0.2, 0) is 0 Å². The van der Waals surface area contributed by atoms with Crippen molar-refractivity contribution in [1.82, 2.24) is 0 Å². The number of hydrogen-bond acceptors (Lipinski definition) is 0. The lowest BCUT2D eigenvalue weighted by Gasteiger charge is -2.14. The van der Waals surface area contributed by atoms with Crippen molar-refractivity contribution in [3.05, 3.63) is 0 Å². The average molecular weight is 238 g/mol. The molecule has 0 heterocycles. The second-order valence-electron chi connectivity index (χ2n) is 6.42. The van der Waals surface area contributed by atoms with Crippen molar-refractivity contribution in [2.24, 2.45) is 23.7 Å². The summed E-state index contributed by atoms with van der Waals surface area (Å²) in [6.45, 7) is 9.50. The van der Waals surface area contributed by atoms with Crippen LogP contribution in [0.5, 0.6) is 0 Å². The van der Waals surface area contributed by atoms with Gasteiger partial charge < -0.3 is 0 Å². The van der Waals surface area contributed by atoms with Crippen LogP contribution >= 0.6 is 0 Å². The van der Waals surface area contributed by atoms with E-state index < -0.39 is 0 Å². The first-order valence-corrected chi connectivity index (χ1v) is 8.22. The van der Waals surface area contributed by atoms with Crippen molar-refractivity contribution >= 4 is 0 Å². The second kappa shape index (κ2) is 8.16. The maximum Gasteiger partial charge on any atom is -0.0357 e. The Labute approximate surface area is 110 Å². The SMILES string of the molecule is CCCCC(C)C1CC1CCC(CC)CCC. The lowest BCUT2D eigenvalue weighted by Crippen LogP contribution is -2.02. The largest absolute Gasteiger partial charge is 0.0654 e. The van der Waals surface area contributed by atoms with Crippen LogP contribution in [0, 0.1) is 23.7 Å². The topological polar surface area (TPSA) is 0 Å². The van der Waals surface area contributed by atoms with Gasteiger partial charge in [-0.25, -0.2) is 0 Å². The van der Waals surface area contributed by atoms with E-state index in [9.17, 15) is 0 Å². The smallest absolute Gasteiger partial charge is 0.0357 e. The minimum absolute atomic E-state index is 1.01. The van der Waals surface area contributed by atoms with Crippen molar-refractivity contribution < 1.29 is 0 Å². The van der Waals surface area contributed by atoms with Crippen LogP contribution in [0.4, 0.5) is 0 Å². The number of rotatable bonds is 10. The van der Waals surface area contributed by atoms with Crippen LogP contribution in [0.3, 0.4) is 0 Å². The predicted octanol–water partition coefficient (Wildman–Crippen LogP) is 6.06. The Morgan fingerprint density at radius 1 is 1.00 bits per heavy atom. The molecule has 1 aliphatic carbocycles. The Hall–Kier alpha value is 0. The fraction of sp³-hybridized carbons (Fsp3) is 1.00.